The monoisotopic (exact) mass is 370 g/mol. The number of ketones is 1. The Hall–Kier alpha value is -3.66. The van der Waals surface area contributed by atoms with Crippen molar-refractivity contribution in [1.82, 2.24) is 0 Å². The standard InChI is InChI=1S/C24H18O4/c1-16-12-14-19(15-13-16)24-27-22(18-10-6-3-7-11-18)20(23(26)28-24)21(25)17-8-4-2-5-9-17/h2-15,24H,1H3. The summed E-state index contributed by atoms with van der Waals surface area (Å²) in [5.74, 6) is -0.882. The van der Waals surface area contributed by atoms with E-state index in [1.54, 1.807) is 36.4 Å². The van der Waals surface area contributed by atoms with Crippen LogP contribution in [0.5, 0.6) is 0 Å². The number of hydrogen-bond acceptors (Lipinski definition) is 4. The van der Waals surface area contributed by atoms with Crippen LogP contribution in [0, 0.1) is 6.92 Å². The number of Topliss-reactive ketones (excluding diaryl/α,β-unsaturated/α-hetero) is 1. The lowest BCUT2D eigenvalue weighted by Gasteiger charge is -2.28. The lowest BCUT2D eigenvalue weighted by atomic mass is 9.98. The van der Waals surface area contributed by atoms with Gasteiger partial charge in [-0.2, -0.15) is 0 Å². The lowest BCUT2D eigenvalue weighted by molar-refractivity contribution is -0.168. The number of ether oxygens (including phenoxy) is 2. The molecule has 3 aromatic carbocycles. The van der Waals surface area contributed by atoms with Gasteiger partial charge in [0.1, 0.15) is 5.76 Å². The van der Waals surface area contributed by atoms with Crippen LogP contribution in [0.2, 0.25) is 0 Å². The summed E-state index contributed by atoms with van der Waals surface area (Å²) in [5.41, 5.74) is 2.75. The third-order valence-electron chi connectivity index (χ3n) is 4.52. The Balaban J connectivity index is 1.80. The maximum atomic E-state index is 13.0. The van der Waals surface area contributed by atoms with Crippen molar-refractivity contribution in [2.45, 2.75) is 13.2 Å². The number of rotatable bonds is 4. The Bertz CT molecular complexity index is 1030. The second-order valence-corrected chi connectivity index (χ2v) is 6.53. The molecule has 4 nitrogen and oxygen atoms in total. The minimum absolute atomic E-state index is 0.0965. The molecule has 1 atom stereocenters. The van der Waals surface area contributed by atoms with Crippen molar-refractivity contribution in [3.63, 3.8) is 0 Å². The van der Waals surface area contributed by atoms with Gasteiger partial charge in [-0.05, 0) is 6.92 Å². The molecule has 0 saturated carbocycles. The number of aryl methyl sites for hydroxylation is 1. The van der Waals surface area contributed by atoms with E-state index in [0.29, 0.717) is 16.7 Å². The van der Waals surface area contributed by atoms with Crippen molar-refractivity contribution in [2.75, 3.05) is 0 Å². The molecule has 0 aliphatic carbocycles. The Kier molecular flexibility index (Phi) is 4.77. The number of carbonyl (C=O) groups excluding carboxylic acids is 2. The van der Waals surface area contributed by atoms with Crippen LogP contribution in [0.1, 0.15) is 33.3 Å². The zero-order chi connectivity index (χ0) is 19.5. The van der Waals surface area contributed by atoms with Crippen molar-refractivity contribution in [3.05, 3.63) is 113 Å². The maximum absolute atomic E-state index is 13.0. The lowest BCUT2D eigenvalue weighted by Crippen LogP contribution is -2.27. The van der Waals surface area contributed by atoms with Gasteiger partial charge in [-0.25, -0.2) is 4.79 Å². The number of hydrogen-bond donors (Lipinski definition) is 0. The summed E-state index contributed by atoms with van der Waals surface area (Å²) < 4.78 is 11.5. The summed E-state index contributed by atoms with van der Waals surface area (Å²) in [5, 5.41) is 0. The van der Waals surface area contributed by atoms with E-state index in [1.807, 2.05) is 55.5 Å². The average molecular weight is 370 g/mol. The van der Waals surface area contributed by atoms with E-state index in [-0.39, 0.29) is 11.3 Å². The molecule has 0 N–H and O–H groups in total. The molecule has 138 valence electrons. The van der Waals surface area contributed by atoms with Crippen LogP contribution in [0.3, 0.4) is 0 Å². The molecule has 0 saturated heterocycles. The van der Waals surface area contributed by atoms with Crippen LogP contribution in [-0.4, -0.2) is 11.8 Å². The summed E-state index contributed by atoms with van der Waals surface area (Å²) >= 11 is 0. The fourth-order valence-electron chi connectivity index (χ4n) is 3.03. The topological polar surface area (TPSA) is 52.6 Å². The second kappa shape index (κ2) is 7.53. The average Bonchev–Trinajstić information content (AvgIpc) is 2.74. The molecule has 1 heterocycles. The van der Waals surface area contributed by atoms with Crippen molar-refractivity contribution < 1.29 is 19.1 Å². The Morgan fingerprint density at radius 1 is 0.786 bits per heavy atom. The highest BCUT2D eigenvalue weighted by molar-refractivity contribution is 6.28. The van der Waals surface area contributed by atoms with Gasteiger partial charge in [0.05, 0.1) is 0 Å². The van der Waals surface area contributed by atoms with Gasteiger partial charge in [-0.15, -0.1) is 0 Å². The first-order valence-corrected chi connectivity index (χ1v) is 8.97. The minimum atomic E-state index is -0.907. The molecule has 4 heteroatoms. The highest BCUT2D eigenvalue weighted by atomic mass is 16.7. The fraction of sp³-hybridized carbons (Fsp3) is 0.0833. The summed E-state index contributed by atoms with van der Waals surface area (Å²) in [6, 6.07) is 25.3. The third-order valence-corrected chi connectivity index (χ3v) is 4.52. The first-order valence-electron chi connectivity index (χ1n) is 8.97. The fourth-order valence-corrected chi connectivity index (χ4v) is 3.03. The number of esters is 1. The SMILES string of the molecule is Cc1ccc(C2OC(=O)C(C(=O)c3ccccc3)=C(c3ccccc3)O2)cc1. The Labute approximate surface area is 163 Å². The summed E-state index contributed by atoms with van der Waals surface area (Å²) in [4.78, 5) is 25.9. The number of benzene rings is 3. The molecule has 0 radical (unpaired) electrons. The van der Waals surface area contributed by atoms with Crippen LogP contribution in [0.15, 0.2) is 90.5 Å². The largest absolute Gasteiger partial charge is 0.449 e. The number of cyclic esters (lactones) is 1. The van der Waals surface area contributed by atoms with Crippen molar-refractivity contribution in [2.24, 2.45) is 0 Å². The van der Waals surface area contributed by atoms with Gasteiger partial charge >= 0.3 is 5.97 Å². The molecule has 0 spiro atoms. The van der Waals surface area contributed by atoms with Gasteiger partial charge in [0.2, 0.25) is 5.78 Å². The first kappa shape index (κ1) is 17.7. The molecule has 0 fully saturated rings. The van der Waals surface area contributed by atoms with Crippen LogP contribution in [0.4, 0.5) is 0 Å². The van der Waals surface area contributed by atoms with Crippen LogP contribution in [0.25, 0.3) is 5.76 Å². The van der Waals surface area contributed by atoms with E-state index in [1.165, 1.54) is 0 Å². The third kappa shape index (κ3) is 3.45. The minimum Gasteiger partial charge on any atom is -0.449 e. The second-order valence-electron chi connectivity index (χ2n) is 6.53. The molecule has 3 aromatic rings. The molecule has 28 heavy (non-hydrogen) atoms. The zero-order valence-electron chi connectivity index (χ0n) is 15.3. The maximum Gasteiger partial charge on any atom is 0.349 e. The predicted octanol–water partition coefficient (Wildman–Crippen LogP) is 4.86. The highest BCUT2D eigenvalue weighted by Gasteiger charge is 2.36. The van der Waals surface area contributed by atoms with E-state index >= 15 is 0 Å². The van der Waals surface area contributed by atoms with E-state index in [2.05, 4.69) is 0 Å². The van der Waals surface area contributed by atoms with Crippen molar-refractivity contribution >= 4 is 17.5 Å². The molecule has 1 unspecified atom stereocenters. The Morgan fingerprint density at radius 3 is 2.04 bits per heavy atom. The quantitative estimate of drug-likeness (QED) is 0.374. The van der Waals surface area contributed by atoms with Gasteiger partial charge in [0, 0.05) is 16.7 Å². The first-order chi connectivity index (χ1) is 13.6. The van der Waals surface area contributed by atoms with Gasteiger partial charge in [-0.3, -0.25) is 4.79 Å². The molecular weight excluding hydrogens is 352 g/mol. The van der Waals surface area contributed by atoms with E-state index in [0.717, 1.165) is 5.56 Å². The summed E-state index contributed by atoms with van der Waals surface area (Å²) in [6.07, 6.45) is -0.907. The van der Waals surface area contributed by atoms with E-state index < -0.39 is 18.0 Å². The molecule has 1 aliphatic heterocycles. The molecular formula is C24H18O4. The van der Waals surface area contributed by atoms with E-state index in [4.69, 9.17) is 9.47 Å². The zero-order valence-corrected chi connectivity index (χ0v) is 15.3. The molecule has 0 amide bonds. The molecule has 0 aromatic heterocycles. The van der Waals surface area contributed by atoms with Crippen molar-refractivity contribution in [3.8, 4) is 0 Å². The Morgan fingerprint density at radius 2 is 1.39 bits per heavy atom. The van der Waals surface area contributed by atoms with Crippen LogP contribution < -0.4 is 0 Å². The van der Waals surface area contributed by atoms with Crippen LogP contribution in [-0.2, 0) is 14.3 Å². The van der Waals surface area contributed by atoms with Gasteiger partial charge in [0.25, 0.3) is 6.29 Å². The van der Waals surface area contributed by atoms with E-state index in [9.17, 15) is 9.59 Å². The summed E-state index contributed by atoms with van der Waals surface area (Å²) in [6.45, 7) is 1.98. The van der Waals surface area contributed by atoms with Gasteiger partial charge < -0.3 is 9.47 Å². The molecule has 1 aliphatic rings. The molecule has 4 rings (SSSR count). The summed E-state index contributed by atoms with van der Waals surface area (Å²) in [7, 11) is 0. The van der Waals surface area contributed by atoms with Gasteiger partial charge in [0.15, 0.2) is 5.57 Å². The normalized spacial score (nSPS) is 16.3. The van der Waals surface area contributed by atoms with Crippen LogP contribution >= 0.6 is 0 Å². The highest BCUT2D eigenvalue weighted by Crippen LogP contribution is 2.36. The molecule has 0 bridgehead atoms. The number of carbonyl (C=O) groups is 2. The smallest absolute Gasteiger partial charge is 0.349 e. The van der Waals surface area contributed by atoms with Gasteiger partial charge in [-0.1, -0.05) is 90.5 Å². The predicted molar refractivity (Wildman–Crippen MR) is 105 cm³/mol. The van der Waals surface area contributed by atoms with Crippen molar-refractivity contribution in [1.29, 1.82) is 0 Å².